The molecule has 1 saturated carbocycles. The van der Waals surface area contributed by atoms with Crippen LogP contribution in [-0.2, 0) is 12.0 Å². The van der Waals surface area contributed by atoms with Crippen molar-refractivity contribution in [1.82, 2.24) is 10.3 Å². The Morgan fingerprint density at radius 1 is 1.25 bits per heavy atom. The summed E-state index contributed by atoms with van der Waals surface area (Å²) in [6.07, 6.45) is 2.57. The van der Waals surface area contributed by atoms with E-state index < -0.39 is 0 Å². The second kappa shape index (κ2) is 5.30. The van der Waals surface area contributed by atoms with Gasteiger partial charge in [0.15, 0.2) is 0 Å². The van der Waals surface area contributed by atoms with Crippen LogP contribution in [-0.4, -0.2) is 11.0 Å². The molecule has 0 radical (unpaired) electrons. The molecule has 0 saturated heterocycles. The van der Waals surface area contributed by atoms with Gasteiger partial charge in [0.05, 0.1) is 10.7 Å². The van der Waals surface area contributed by atoms with Crippen LogP contribution in [0.3, 0.4) is 0 Å². The van der Waals surface area contributed by atoms with Crippen molar-refractivity contribution in [3.8, 4) is 11.3 Å². The first-order chi connectivity index (χ1) is 9.58. The summed E-state index contributed by atoms with van der Waals surface area (Å²) in [7, 11) is 0. The van der Waals surface area contributed by atoms with Crippen LogP contribution < -0.4 is 5.32 Å². The summed E-state index contributed by atoms with van der Waals surface area (Å²) in [5.74, 6) is 0. The molecule has 2 aromatic rings. The number of hydrogen-bond acceptors (Lipinski definition) is 3. The molecule has 2 nitrogen and oxygen atoms in total. The molecule has 0 spiro atoms. The van der Waals surface area contributed by atoms with Gasteiger partial charge < -0.3 is 5.32 Å². The van der Waals surface area contributed by atoms with E-state index in [2.05, 4.69) is 56.4 Å². The Kier molecular flexibility index (Phi) is 3.65. The molecule has 3 rings (SSSR count). The van der Waals surface area contributed by atoms with Crippen molar-refractivity contribution in [1.29, 1.82) is 0 Å². The van der Waals surface area contributed by atoms with Crippen LogP contribution in [0, 0.1) is 0 Å². The topological polar surface area (TPSA) is 24.9 Å². The van der Waals surface area contributed by atoms with E-state index in [1.807, 2.05) is 11.3 Å². The van der Waals surface area contributed by atoms with E-state index in [1.54, 1.807) is 0 Å². The fourth-order valence-corrected chi connectivity index (χ4v) is 3.49. The number of nitrogens with zero attached hydrogens (tertiary/aromatic N) is 1. The SMILES string of the molecule is CC(C)NCc1sc(C2(C)CC2)nc1-c1ccccc1. The maximum absolute atomic E-state index is 4.97. The fraction of sp³-hybridized carbons (Fsp3) is 0.471. The van der Waals surface area contributed by atoms with E-state index in [9.17, 15) is 0 Å². The van der Waals surface area contributed by atoms with Crippen molar-refractivity contribution in [2.24, 2.45) is 0 Å². The lowest BCUT2D eigenvalue weighted by atomic mass is 10.1. The van der Waals surface area contributed by atoms with Gasteiger partial charge in [0, 0.05) is 28.4 Å². The highest BCUT2D eigenvalue weighted by atomic mass is 32.1. The van der Waals surface area contributed by atoms with Crippen LogP contribution in [0.2, 0.25) is 0 Å². The molecule has 1 fully saturated rings. The molecule has 1 N–H and O–H groups in total. The Morgan fingerprint density at radius 2 is 1.95 bits per heavy atom. The Hall–Kier alpha value is -1.19. The molecule has 3 heteroatoms. The van der Waals surface area contributed by atoms with Crippen molar-refractivity contribution >= 4 is 11.3 Å². The summed E-state index contributed by atoms with van der Waals surface area (Å²) in [5.41, 5.74) is 2.76. The Labute approximate surface area is 125 Å². The van der Waals surface area contributed by atoms with Gasteiger partial charge >= 0.3 is 0 Å². The second-order valence-electron chi connectivity index (χ2n) is 6.25. The molecular weight excluding hydrogens is 264 g/mol. The van der Waals surface area contributed by atoms with E-state index in [4.69, 9.17) is 4.98 Å². The van der Waals surface area contributed by atoms with Crippen LogP contribution in [0.15, 0.2) is 30.3 Å². The number of aromatic nitrogens is 1. The highest BCUT2D eigenvalue weighted by Crippen LogP contribution is 2.50. The van der Waals surface area contributed by atoms with E-state index in [0.717, 1.165) is 6.54 Å². The monoisotopic (exact) mass is 286 g/mol. The highest BCUT2D eigenvalue weighted by molar-refractivity contribution is 7.12. The maximum atomic E-state index is 4.97. The van der Waals surface area contributed by atoms with Crippen LogP contribution in [0.25, 0.3) is 11.3 Å². The van der Waals surface area contributed by atoms with E-state index in [1.165, 1.54) is 34.0 Å². The van der Waals surface area contributed by atoms with E-state index in [-0.39, 0.29) is 0 Å². The van der Waals surface area contributed by atoms with Crippen molar-refractivity contribution < 1.29 is 0 Å². The van der Waals surface area contributed by atoms with Gasteiger partial charge in [0.25, 0.3) is 0 Å². The average molecular weight is 286 g/mol. The third kappa shape index (κ3) is 2.79. The Bertz CT molecular complexity index is 582. The van der Waals surface area contributed by atoms with Gasteiger partial charge in [0.2, 0.25) is 0 Å². The highest BCUT2D eigenvalue weighted by Gasteiger charge is 2.42. The quantitative estimate of drug-likeness (QED) is 0.883. The lowest BCUT2D eigenvalue weighted by Gasteiger charge is -2.07. The Balaban J connectivity index is 1.95. The lowest BCUT2D eigenvalue weighted by molar-refractivity contribution is 0.593. The number of rotatable bonds is 5. The largest absolute Gasteiger partial charge is 0.310 e. The standard InChI is InChI=1S/C17H22N2S/c1-12(2)18-11-14-15(13-7-5-4-6-8-13)19-16(20-14)17(3)9-10-17/h4-8,12,18H,9-11H2,1-3H3. The molecule has 0 unspecified atom stereocenters. The Morgan fingerprint density at radius 3 is 2.55 bits per heavy atom. The van der Waals surface area contributed by atoms with Crippen LogP contribution in [0.4, 0.5) is 0 Å². The maximum Gasteiger partial charge on any atom is 0.0994 e. The lowest BCUT2D eigenvalue weighted by Crippen LogP contribution is -2.21. The summed E-state index contributed by atoms with van der Waals surface area (Å²) in [6.45, 7) is 7.62. The van der Waals surface area contributed by atoms with Gasteiger partial charge in [-0.25, -0.2) is 4.98 Å². The zero-order valence-electron chi connectivity index (χ0n) is 12.4. The van der Waals surface area contributed by atoms with Gasteiger partial charge in [-0.1, -0.05) is 51.1 Å². The number of benzene rings is 1. The predicted octanol–water partition coefficient (Wildman–Crippen LogP) is 4.36. The fourth-order valence-electron chi connectivity index (χ4n) is 2.25. The summed E-state index contributed by atoms with van der Waals surface area (Å²) in [6, 6.07) is 11.1. The molecule has 106 valence electrons. The van der Waals surface area contributed by atoms with E-state index in [0.29, 0.717) is 11.5 Å². The molecule has 0 atom stereocenters. The predicted molar refractivity (Wildman–Crippen MR) is 86.1 cm³/mol. The minimum atomic E-state index is 0.351. The van der Waals surface area contributed by atoms with Gasteiger partial charge in [-0.2, -0.15) is 0 Å². The summed E-state index contributed by atoms with van der Waals surface area (Å²) >= 11 is 1.89. The van der Waals surface area contributed by atoms with Crippen molar-refractivity contribution in [3.63, 3.8) is 0 Å². The molecule has 0 aliphatic heterocycles. The molecule has 1 heterocycles. The van der Waals surface area contributed by atoms with Crippen LogP contribution in [0.5, 0.6) is 0 Å². The van der Waals surface area contributed by atoms with Crippen molar-refractivity contribution in [2.75, 3.05) is 0 Å². The van der Waals surface area contributed by atoms with Gasteiger partial charge in [-0.3, -0.25) is 0 Å². The second-order valence-corrected chi connectivity index (χ2v) is 7.34. The summed E-state index contributed by atoms with van der Waals surface area (Å²) < 4.78 is 0. The molecule has 0 amide bonds. The van der Waals surface area contributed by atoms with Crippen LogP contribution in [0.1, 0.15) is 43.5 Å². The minimum Gasteiger partial charge on any atom is -0.310 e. The minimum absolute atomic E-state index is 0.351. The normalized spacial score (nSPS) is 16.6. The van der Waals surface area contributed by atoms with Gasteiger partial charge in [0.1, 0.15) is 0 Å². The van der Waals surface area contributed by atoms with Crippen molar-refractivity contribution in [2.45, 2.75) is 51.6 Å². The molecule has 20 heavy (non-hydrogen) atoms. The molecule has 1 aliphatic rings. The van der Waals surface area contributed by atoms with Crippen LogP contribution >= 0.6 is 11.3 Å². The smallest absolute Gasteiger partial charge is 0.0994 e. The zero-order chi connectivity index (χ0) is 14.2. The molecule has 1 aliphatic carbocycles. The molecule has 1 aromatic heterocycles. The number of thiazole rings is 1. The molecule has 0 bridgehead atoms. The third-order valence-corrected chi connectivity index (χ3v) is 5.29. The summed E-state index contributed by atoms with van der Waals surface area (Å²) in [5, 5.41) is 4.84. The summed E-state index contributed by atoms with van der Waals surface area (Å²) in [4.78, 5) is 6.34. The first-order valence-electron chi connectivity index (χ1n) is 7.37. The number of nitrogens with one attached hydrogen (secondary N) is 1. The first-order valence-corrected chi connectivity index (χ1v) is 8.19. The third-order valence-electron chi connectivity index (χ3n) is 3.93. The average Bonchev–Trinajstić information content (AvgIpc) is 3.05. The zero-order valence-corrected chi connectivity index (χ0v) is 13.3. The molecular formula is C17H22N2S. The number of hydrogen-bond donors (Lipinski definition) is 1. The van der Waals surface area contributed by atoms with E-state index >= 15 is 0 Å². The van der Waals surface area contributed by atoms with Gasteiger partial charge in [-0.15, -0.1) is 11.3 Å². The van der Waals surface area contributed by atoms with Crippen molar-refractivity contribution in [3.05, 3.63) is 40.2 Å². The van der Waals surface area contributed by atoms with Gasteiger partial charge in [-0.05, 0) is 12.8 Å². The first kappa shape index (κ1) is 13.8. The molecule has 1 aromatic carbocycles.